The maximum atomic E-state index is 15.7. The monoisotopic (exact) mass is 477 g/mol. The van der Waals surface area contributed by atoms with E-state index in [9.17, 15) is 4.79 Å². The Morgan fingerprint density at radius 2 is 2.00 bits per heavy atom. The van der Waals surface area contributed by atoms with Crippen LogP contribution in [0.2, 0.25) is 0 Å². The number of ether oxygens (including phenoxy) is 1. The van der Waals surface area contributed by atoms with Crippen LogP contribution in [0.4, 0.5) is 4.39 Å². The van der Waals surface area contributed by atoms with Gasteiger partial charge < -0.3 is 14.6 Å². The fourth-order valence-corrected chi connectivity index (χ4v) is 4.98. The maximum Gasteiger partial charge on any atom is 0.230 e. The number of aromatic nitrogens is 3. The first-order chi connectivity index (χ1) is 16.9. The highest BCUT2D eigenvalue weighted by Gasteiger charge is 2.40. The molecule has 1 atom stereocenters. The van der Waals surface area contributed by atoms with Crippen LogP contribution in [0.3, 0.4) is 0 Å². The van der Waals surface area contributed by atoms with E-state index in [0.717, 1.165) is 29.0 Å². The average molecular weight is 478 g/mol. The highest BCUT2D eigenvalue weighted by Crippen LogP contribution is 2.40. The van der Waals surface area contributed by atoms with Gasteiger partial charge in [-0.2, -0.15) is 5.26 Å². The molecule has 2 heterocycles. The van der Waals surface area contributed by atoms with Gasteiger partial charge in [0.25, 0.3) is 0 Å². The van der Waals surface area contributed by atoms with E-state index >= 15 is 4.39 Å². The standard InChI is InChI=1S/C27H32FN5O2/c1-4-20-15-18(2)22(16-23(20)25-30-24(31-32-25)9-14-35-3)26(34)33-12-10-27(28,11-13-33)21-7-5-19(17-29)6-8-21/h5-8,15,22H,4,9-14,16H2,1-3H3,(H,30,31,32). The number of allylic oxidation sites excluding steroid dienone is 3. The minimum absolute atomic E-state index is 0.0346. The second kappa shape index (κ2) is 10.5. The number of hydrogen-bond donors (Lipinski definition) is 1. The van der Waals surface area contributed by atoms with Crippen LogP contribution in [0.25, 0.3) is 5.57 Å². The van der Waals surface area contributed by atoms with E-state index in [-0.39, 0.29) is 24.7 Å². The van der Waals surface area contributed by atoms with Gasteiger partial charge in [0.15, 0.2) is 5.82 Å². The Balaban J connectivity index is 1.46. The first-order valence-electron chi connectivity index (χ1n) is 12.2. The summed E-state index contributed by atoms with van der Waals surface area (Å²) < 4.78 is 20.8. The summed E-state index contributed by atoms with van der Waals surface area (Å²) in [4.78, 5) is 18.6. The molecular formula is C27H32FN5O2. The van der Waals surface area contributed by atoms with Crippen molar-refractivity contribution in [1.82, 2.24) is 20.1 Å². The van der Waals surface area contributed by atoms with Gasteiger partial charge in [-0.3, -0.25) is 4.79 Å². The number of carbonyl (C=O) groups is 1. The summed E-state index contributed by atoms with van der Waals surface area (Å²) in [6.07, 6.45) is 4.62. The zero-order valence-corrected chi connectivity index (χ0v) is 20.6. The number of alkyl halides is 1. The molecule has 1 aromatic carbocycles. The lowest BCUT2D eigenvalue weighted by Gasteiger charge is -2.39. The number of H-pyrrole nitrogens is 1. The molecule has 184 valence electrons. The van der Waals surface area contributed by atoms with Crippen LogP contribution in [-0.2, 0) is 21.6 Å². The molecule has 1 amide bonds. The molecule has 35 heavy (non-hydrogen) atoms. The molecule has 4 rings (SSSR count). The van der Waals surface area contributed by atoms with Gasteiger partial charge in [0, 0.05) is 45.0 Å². The van der Waals surface area contributed by atoms with E-state index in [2.05, 4.69) is 34.3 Å². The third-order valence-electron chi connectivity index (χ3n) is 7.19. The highest BCUT2D eigenvalue weighted by atomic mass is 19.1. The van der Waals surface area contributed by atoms with Crippen LogP contribution in [-0.4, -0.2) is 52.8 Å². The molecule has 8 heteroatoms. The van der Waals surface area contributed by atoms with Gasteiger partial charge in [-0.1, -0.05) is 30.7 Å². The molecule has 1 aliphatic carbocycles. The molecular weight excluding hydrogens is 445 g/mol. The average Bonchev–Trinajstić information content (AvgIpc) is 3.36. The number of halogens is 1. The van der Waals surface area contributed by atoms with Gasteiger partial charge in [0.2, 0.25) is 5.91 Å². The van der Waals surface area contributed by atoms with Crippen molar-refractivity contribution in [2.24, 2.45) is 5.92 Å². The van der Waals surface area contributed by atoms with Crippen molar-refractivity contribution in [1.29, 1.82) is 5.26 Å². The van der Waals surface area contributed by atoms with Crippen molar-refractivity contribution in [3.63, 3.8) is 0 Å². The predicted molar refractivity (Wildman–Crippen MR) is 131 cm³/mol. The summed E-state index contributed by atoms with van der Waals surface area (Å²) in [6.45, 7) is 5.38. The molecule has 0 bridgehead atoms. The van der Waals surface area contributed by atoms with Crippen molar-refractivity contribution in [3.8, 4) is 6.07 Å². The molecule has 1 fully saturated rings. The number of amides is 1. The molecule has 0 radical (unpaired) electrons. The highest BCUT2D eigenvalue weighted by molar-refractivity contribution is 5.86. The molecule has 1 unspecified atom stereocenters. The van der Waals surface area contributed by atoms with Crippen molar-refractivity contribution in [2.45, 2.75) is 51.6 Å². The number of benzene rings is 1. The predicted octanol–water partition coefficient (Wildman–Crippen LogP) is 4.48. The molecule has 0 spiro atoms. The van der Waals surface area contributed by atoms with E-state index in [0.29, 0.717) is 49.5 Å². The number of methoxy groups -OCH3 is 1. The number of nitriles is 1. The summed E-state index contributed by atoms with van der Waals surface area (Å²) in [5.41, 5.74) is 2.80. The van der Waals surface area contributed by atoms with E-state index in [1.54, 1.807) is 36.3 Å². The van der Waals surface area contributed by atoms with Gasteiger partial charge in [0.05, 0.1) is 24.2 Å². The normalized spacial score (nSPS) is 19.9. The summed E-state index contributed by atoms with van der Waals surface area (Å²) in [6, 6.07) is 8.73. The third kappa shape index (κ3) is 5.20. The Labute approximate surface area is 205 Å². The van der Waals surface area contributed by atoms with Crippen molar-refractivity contribution < 1.29 is 13.9 Å². The molecule has 2 aliphatic rings. The van der Waals surface area contributed by atoms with Crippen molar-refractivity contribution in [2.75, 3.05) is 26.8 Å². The van der Waals surface area contributed by atoms with Gasteiger partial charge >= 0.3 is 0 Å². The maximum absolute atomic E-state index is 15.7. The summed E-state index contributed by atoms with van der Waals surface area (Å²) >= 11 is 0. The zero-order valence-electron chi connectivity index (χ0n) is 20.6. The number of piperidine rings is 1. The number of carbonyl (C=O) groups excluding carboxylic acids is 1. The molecule has 1 aliphatic heterocycles. The minimum atomic E-state index is -1.49. The second-order valence-corrected chi connectivity index (χ2v) is 9.35. The van der Waals surface area contributed by atoms with Crippen LogP contribution in [0, 0.1) is 17.2 Å². The first kappa shape index (κ1) is 24.8. The number of hydrogen-bond acceptors (Lipinski definition) is 5. The fraction of sp³-hybridized carbons (Fsp3) is 0.481. The minimum Gasteiger partial charge on any atom is -0.384 e. The molecule has 1 N–H and O–H groups in total. The fourth-order valence-electron chi connectivity index (χ4n) is 4.98. The summed E-state index contributed by atoms with van der Waals surface area (Å²) in [5.74, 6) is 1.20. The van der Waals surface area contributed by atoms with Crippen molar-refractivity contribution in [3.05, 3.63) is 64.3 Å². The van der Waals surface area contributed by atoms with Crippen molar-refractivity contribution >= 4 is 11.5 Å². The molecule has 7 nitrogen and oxygen atoms in total. The van der Waals surface area contributed by atoms with Gasteiger partial charge in [-0.25, -0.2) is 4.39 Å². The molecule has 0 saturated carbocycles. The zero-order chi connectivity index (χ0) is 25.0. The largest absolute Gasteiger partial charge is 0.384 e. The van der Waals surface area contributed by atoms with E-state index in [4.69, 9.17) is 10.00 Å². The van der Waals surface area contributed by atoms with E-state index in [1.807, 2.05) is 6.92 Å². The van der Waals surface area contributed by atoms with Crippen LogP contribution in [0.5, 0.6) is 0 Å². The number of likely N-dealkylation sites (tertiary alicyclic amines) is 1. The van der Waals surface area contributed by atoms with Crippen LogP contribution in [0.15, 0.2) is 41.5 Å². The van der Waals surface area contributed by atoms with Crippen LogP contribution >= 0.6 is 0 Å². The number of aromatic amines is 1. The number of nitrogens with zero attached hydrogens (tertiary/aromatic N) is 4. The number of nitrogens with one attached hydrogen (secondary N) is 1. The van der Waals surface area contributed by atoms with Crippen LogP contribution in [0.1, 0.15) is 62.3 Å². The molecule has 1 saturated heterocycles. The van der Waals surface area contributed by atoms with E-state index in [1.165, 1.54) is 0 Å². The number of rotatable bonds is 7. The Morgan fingerprint density at radius 3 is 2.63 bits per heavy atom. The summed E-state index contributed by atoms with van der Waals surface area (Å²) in [5, 5.41) is 17.6. The Morgan fingerprint density at radius 1 is 1.29 bits per heavy atom. The smallest absolute Gasteiger partial charge is 0.230 e. The first-order valence-corrected chi connectivity index (χ1v) is 12.2. The Hall–Kier alpha value is -3.31. The lowest BCUT2D eigenvalue weighted by Crippen LogP contribution is -2.46. The molecule has 2 aromatic rings. The van der Waals surface area contributed by atoms with Gasteiger partial charge in [-0.15, -0.1) is 10.2 Å². The van der Waals surface area contributed by atoms with Crippen LogP contribution < -0.4 is 0 Å². The second-order valence-electron chi connectivity index (χ2n) is 9.35. The summed E-state index contributed by atoms with van der Waals surface area (Å²) in [7, 11) is 1.65. The lowest BCUT2D eigenvalue weighted by molar-refractivity contribution is -0.137. The molecule has 1 aromatic heterocycles. The third-order valence-corrected chi connectivity index (χ3v) is 7.19. The van der Waals surface area contributed by atoms with E-state index < -0.39 is 5.67 Å². The Bertz CT molecular complexity index is 1170. The topological polar surface area (TPSA) is 94.9 Å². The van der Waals surface area contributed by atoms with Gasteiger partial charge in [-0.05, 0) is 43.0 Å². The quantitative estimate of drug-likeness (QED) is 0.634. The SMILES string of the molecule is CCC1=C(c2nnc(CCOC)[nH]2)CC(C(=O)N2CCC(F)(c3ccc(C#N)cc3)CC2)C(C)=C1. The van der Waals surface area contributed by atoms with Gasteiger partial charge in [0.1, 0.15) is 11.5 Å². The Kier molecular flexibility index (Phi) is 7.46. The lowest BCUT2D eigenvalue weighted by atomic mass is 9.81.